The summed E-state index contributed by atoms with van der Waals surface area (Å²) in [7, 11) is 0. The Morgan fingerprint density at radius 2 is 1.80 bits per heavy atom. The Labute approximate surface area is 275 Å². The molecule has 3 aromatic heterocycles. The largest absolute Gasteiger partial charge is 0.379 e. The Balaban J connectivity index is 0.952. The van der Waals surface area contributed by atoms with Gasteiger partial charge in [0, 0.05) is 67.9 Å². The number of nitriles is 1. The summed E-state index contributed by atoms with van der Waals surface area (Å²) >= 11 is 1.75. The van der Waals surface area contributed by atoms with E-state index >= 15 is 0 Å². The van der Waals surface area contributed by atoms with E-state index < -0.39 is 0 Å². The van der Waals surface area contributed by atoms with Crippen LogP contribution in [0, 0.1) is 11.3 Å². The number of fused-ring (bicyclic) bond motifs is 1. The maximum absolute atomic E-state index is 9.73. The average Bonchev–Trinajstić information content (AvgIpc) is 3.75. The third kappa shape index (κ3) is 6.74. The monoisotopic (exact) mass is 640 g/mol. The fourth-order valence-corrected chi connectivity index (χ4v) is 7.81. The van der Waals surface area contributed by atoms with Crippen molar-refractivity contribution >= 4 is 34.7 Å². The van der Waals surface area contributed by atoms with Crippen molar-refractivity contribution in [1.29, 1.82) is 5.26 Å². The number of piperidine rings is 2. The number of anilines is 3. The van der Waals surface area contributed by atoms with Gasteiger partial charge in [0.1, 0.15) is 0 Å². The summed E-state index contributed by atoms with van der Waals surface area (Å²) in [4.78, 5) is 13.7. The lowest BCUT2D eigenvalue weighted by Crippen LogP contribution is -2.49. The topological polar surface area (TPSA) is 103 Å². The normalized spacial score (nSPS) is 19.8. The number of morpholine rings is 1. The van der Waals surface area contributed by atoms with Gasteiger partial charge in [0.2, 0.25) is 5.95 Å². The second-order valence-electron chi connectivity index (χ2n) is 12.8. The van der Waals surface area contributed by atoms with E-state index in [1.54, 1.807) is 11.8 Å². The lowest BCUT2D eigenvalue weighted by Gasteiger charge is -2.42. The van der Waals surface area contributed by atoms with Crippen LogP contribution in [-0.2, 0) is 16.7 Å². The van der Waals surface area contributed by atoms with Crippen LogP contribution in [0.3, 0.4) is 0 Å². The molecule has 3 aliphatic heterocycles. The van der Waals surface area contributed by atoms with E-state index in [4.69, 9.17) is 14.8 Å². The number of benzene rings is 1. The number of nitrogens with zero attached hydrogens (tertiary/aromatic N) is 9. The van der Waals surface area contributed by atoms with E-state index in [9.17, 15) is 5.26 Å². The highest BCUT2D eigenvalue weighted by Gasteiger charge is 2.37. The number of rotatable bonds is 10. The van der Waals surface area contributed by atoms with E-state index in [2.05, 4.69) is 67.8 Å². The molecule has 1 aromatic carbocycles. The van der Waals surface area contributed by atoms with Crippen molar-refractivity contribution in [2.24, 2.45) is 0 Å². The lowest BCUT2D eigenvalue weighted by atomic mass is 9.71. The molecule has 4 aromatic rings. The summed E-state index contributed by atoms with van der Waals surface area (Å²) < 4.78 is 9.38. The van der Waals surface area contributed by atoms with Crippen LogP contribution in [0.4, 0.5) is 17.3 Å². The highest BCUT2D eigenvalue weighted by Crippen LogP contribution is 2.40. The van der Waals surface area contributed by atoms with Crippen molar-refractivity contribution in [1.82, 2.24) is 34.2 Å². The van der Waals surface area contributed by atoms with Crippen molar-refractivity contribution in [3.63, 3.8) is 0 Å². The van der Waals surface area contributed by atoms with Crippen LogP contribution in [0.2, 0.25) is 0 Å². The van der Waals surface area contributed by atoms with Crippen molar-refractivity contribution in [3.05, 3.63) is 60.6 Å². The first-order valence-electron chi connectivity index (χ1n) is 16.6. The molecule has 6 heterocycles. The molecular weight excluding hydrogens is 597 g/mol. The molecule has 3 aliphatic rings. The van der Waals surface area contributed by atoms with Crippen LogP contribution in [0.5, 0.6) is 0 Å². The average molecular weight is 641 g/mol. The Morgan fingerprint density at radius 3 is 2.54 bits per heavy atom. The molecule has 0 aliphatic carbocycles. The van der Waals surface area contributed by atoms with Gasteiger partial charge in [-0.05, 0) is 74.9 Å². The number of thioether (sulfide) groups is 1. The van der Waals surface area contributed by atoms with Gasteiger partial charge < -0.3 is 19.9 Å². The van der Waals surface area contributed by atoms with Gasteiger partial charge in [-0.25, -0.2) is 4.52 Å². The SMILES string of the molecule is CSc1ccc(C2(CC#N)CCN(c3cccn4nc(Nc5cnn(CCN6CCC(N7CCOCC7)CC6)c5)nc34)CC2)cc1. The van der Waals surface area contributed by atoms with E-state index in [0.717, 1.165) is 95.4 Å². The van der Waals surface area contributed by atoms with Crippen LogP contribution in [0.1, 0.15) is 37.7 Å². The summed E-state index contributed by atoms with van der Waals surface area (Å²) in [5.41, 5.74) is 3.94. The summed E-state index contributed by atoms with van der Waals surface area (Å²) in [6.07, 6.45) is 12.8. The zero-order valence-electron chi connectivity index (χ0n) is 26.7. The van der Waals surface area contributed by atoms with E-state index in [-0.39, 0.29) is 5.41 Å². The molecule has 0 unspecified atom stereocenters. The number of ether oxygens (including phenoxy) is 1. The van der Waals surface area contributed by atoms with E-state index in [1.165, 1.54) is 23.3 Å². The quantitative estimate of drug-likeness (QED) is 0.247. The fourth-order valence-electron chi connectivity index (χ4n) is 7.41. The zero-order chi connectivity index (χ0) is 31.3. The minimum Gasteiger partial charge on any atom is -0.379 e. The molecule has 0 spiro atoms. The molecule has 3 saturated heterocycles. The smallest absolute Gasteiger partial charge is 0.247 e. The fraction of sp³-hybridized carbons (Fsp3) is 0.529. The van der Waals surface area contributed by atoms with Gasteiger partial charge in [0.25, 0.3) is 0 Å². The van der Waals surface area contributed by atoms with Crippen LogP contribution in [-0.4, -0.2) is 106 Å². The highest BCUT2D eigenvalue weighted by atomic mass is 32.2. The Kier molecular flexibility index (Phi) is 9.44. The molecule has 242 valence electrons. The van der Waals surface area contributed by atoms with Gasteiger partial charge in [-0.1, -0.05) is 12.1 Å². The van der Waals surface area contributed by atoms with E-state index in [1.807, 2.05) is 33.9 Å². The molecular formula is C34H44N10OS. The predicted octanol–water partition coefficient (Wildman–Crippen LogP) is 4.64. The number of hydrogen-bond acceptors (Lipinski definition) is 10. The first kappa shape index (κ1) is 31.0. The Morgan fingerprint density at radius 1 is 1.02 bits per heavy atom. The summed E-state index contributed by atoms with van der Waals surface area (Å²) in [6.45, 7) is 9.76. The number of aromatic nitrogens is 5. The lowest BCUT2D eigenvalue weighted by molar-refractivity contribution is 0.000618. The minimum atomic E-state index is -0.118. The number of nitrogens with one attached hydrogen (secondary N) is 1. The van der Waals surface area contributed by atoms with Crippen molar-refractivity contribution < 1.29 is 4.74 Å². The van der Waals surface area contributed by atoms with Gasteiger partial charge >= 0.3 is 0 Å². The third-order valence-corrected chi connectivity index (χ3v) is 10.9. The summed E-state index contributed by atoms with van der Waals surface area (Å²) in [5.74, 6) is 0.557. The summed E-state index contributed by atoms with van der Waals surface area (Å²) in [5, 5.41) is 22.4. The molecule has 0 bridgehead atoms. The molecule has 12 heteroatoms. The molecule has 0 saturated carbocycles. The molecule has 0 radical (unpaired) electrons. The van der Waals surface area contributed by atoms with Gasteiger partial charge in [0.15, 0.2) is 5.65 Å². The number of likely N-dealkylation sites (tertiary alicyclic amines) is 1. The molecule has 11 nitrogen and oxygen atoms in total. The standard InChI is InChI=1S/C34H44N10OS/c1-46-30-6-4-27(5-7-30)34(10-13-35)11-17-42(18-12-34)31-3-2-14-44-32(31)38-33(39-44)37-28-25-36-43(26-28)20-19-40-15-8-29(9-16-40)41-21-23-45-24-22-41/h2-7,14,25-26,29H,8-12,15-24H2,1H3,(H,37,39). The summed E-state index contributed by atoms with van der Waals surface area (Å²) in [6, 6.07) is 16.1. The zero-order valence-corrected chi connectivity index (χ0v) is 27.5. The number of pyridine rings is 1. The molecule has 7 rings (SSSR count). The van der Waals surface area contributed by atoms with Gasteiger partial charge in [-0.3, -0.25) is 9.58 Å². The second kappa shape index (κ2) is 14.0. The highest BCUT2D eigenvalue weighted by molar-refractivity contribution is 7.98. The van der Waals surface area contributed by atoms with Crippen LogP contribution >= 0.6 is 11.8 Å². The Hall–Kier alpha value is -3.63. The maximum Gasteiger partial charge on any atom is 0.247 e. The molecule has 3 fully saturated rings. The minimum absolute atomic E-state index is 0.118. The molecule has 0 amide bonds. The van der Waals surface area contributed by atoms with Crippen LogP contribution in [0.15, 0.2) is 59.9 Å². The van der Waals surface area contributed by atoms with Crippen LogP contribution in [0.25, 0.3) is 5.65 Å². The van der Waals surface area contributed by atoms with Gasteiger partial charge in [-0.15, -0.1) is 16.9 Å². The van der Waals surface area contributed by atoms with Crippen molar-refractivity contribution in [2.75, 3.05) is 75.5 Å². The number of hydrogen-bond donors (Lipinski definition) is 1. The molecule has 0 atom stereocenters. The maximum atomic E-state index is 9.73. The predicted molar refractivity (Wildman–Crippen MR) is 182 cm³/mol. The van der Waals surface area contributed by atoms with Gasteiger partial charge in [-0.2, -0.15) is 15.3 Å². The van der Waals surface area contributed by atoms with Crippen LogP contribution < -0.4 is 10.2 Å². The molecule has 1 N–H and O–H groups in total. The second-order valence-corrected chi connectivity index (χ2v) is 13.6. The molecule has 46 heavy (non-hydrogen) atoms. The van der Waals surface area contributed by atoms with Gasteiger partial charge in [0.05, 0.1) is 43.4 Å². The first-order chi connectivity index (χ1) is 22.6. The Bertz CT molecular complexity index is 1620. The van der Waals surface area contributed by atoms with E-state index in [0.29, 0.717) is 18.4 Å². The third-order valence-electron chi connectivity index (χ3n) is 10.2. The van der Waals surface area contributed by atoms with Crippen molar-refractivity contribution in [3.8, 4) is 6.07 Å². The van der Waals surface area contributed by atoms with Crippen molar-refractivity contribution in [2.45, 2.75) is 55.0 Å². The first-order valence-corrected chi connectivity index (χ1v) is 17.8.